The first-order valence-corrected chi connectivity index (χ1v) is 12.3. The smallest absolute Gasteiger partial charge is 0.345 e. The highest BCUT2D eigenvalue weighted by Crippen LogP contribution is 2.48. The summed E-state index contributed by atoms with van der Waals surface area (Å²) in [6.45, 7) is 3.12. The Hall–Kier alpha value is -2.12. The second-order valence-electron chi connectivity index (χ2n) is 9.68. The maximum atomic E-state index is 11.9. The Morgan fingerprint density at radius 2 is 1.97 bits per heavy atom. The van der Waals surface area contributed by atoms with E-state index >= 15 is 0 Å². The zero-order chi connectivity index (χ0) is 24.0. The van der Waals surface area contributed by atoms with Crippen LogP contribution in [-0.2, 0) is 27.2 Å². The number of esters is 1. The second kappa shape index (κ2) is 11.8. The second-order valence-corrected chi connectivity index (χ2v) is 9.68. The van der Waals surface area contributed by atoms with Gasteiger partial charge in [-0.2, -0.15) is 0 Å². The zero-order valence-corrected chi connectivity index (χ0v) is 19.7. The van der Waals surface area contributed by atoms with Crippen molar-refractivity contribution in [2.45, 2.75) is 89.9 Å². The molecule has 7 heteroatoms. The van der Waals surface area contributed by atoms with Crippen LogP contribution < -0.4 is 4.74 Å². The van der Waals surface area contributed by atoms with Gasteiger partial charge in [0.2, 0.25) is 0 Å². The van der Waals surface area contributed by atoms with Crippen molar-refractivity contribution in [1.29, 1.82) is 0 Å². The van der Waals surface area contributed by atoms with E-state index in [-0.39, 0.29) is 24.7 Å². The molecule has 0 saturated heterocycles. The van der Waals surface area contributed by atoms with Gasteiger partial charge in [0.05, 0.1) is 12.2 Å². The number of aliphatic hydroxyl groups is 2. The van der Waals surface area contributed by atoms with Crippen LogP contribution in [-0.4, -0.2) is 52.2 Å². The van der Waals surface area contributed by atoms with Crippen LogP contribution in [0.25, 0.3) is 0 Å². The molecule has 6 atom stereocenters. The van der Waals surface area contributed by atoms with Crippen LogP contribution in [0, 0.1) is 17.8 Å². The predicted octanol–water partition coefficient (Wildman–Crippen LogP) is 3.51. The molecule has 1 fully saturated rings. The number of ether oxygens (including phenoxy) is 2. The van der Waals surface area contributed by atoms with Crippen LogP contribution in [0.15, 0.2) is 18.2 Å². The highest BCUT2D eigenvalue weighted by molar-refractivity contribution is 5.78. The summed E-state index contributed by atoms with van der Waals surface area (Å²) in [5, 5.41) is 30.0. The summed E-state index contributed by atoms with van der Waals surface area (Å²) < 4.78 is 10.5. The van der Waals surface area contributed by atoms with E-state index < -0.39 is 18.0 Å². The standard InChI is InChI=1S/C26H38O7/c1-3-4-5-8-19(27)10-11-20-21-12-17-7-6-9-24(22(17)13-18(21)14-23(20)28)32-15-25(29)33-16(2)26(30)31/h6-7,9,16,18-21,23,27-28H,3-5,8,10-15H2,1-2H3,(H,30,31)/t16-,18-,19-,20+,21-,23+/m0/s1. The molecule has 184 valence electrons. The highest BCUT2D eigenvalue weighted by Gasteiger charge is 2.44. The summed E-state index contributed by atoms with van der Waals surface area (Å²) in [4.78, 5) is 22.8. The first-order valence-electron chi connectivity index (χ1n) is 12.3. The molecule has 0 spiro atoms. The average Bonchev–Trinajstić information content (AvgIpc) is 3.08. The van der Waals surface area contributed by atoms with E-state index in [1.54, 1.807) is 0 Å². The number of benzene rings is 1. The fourth-order valence-electron chi connectivity index (χ4n) is 5.52. The molecule has 0 amide bonds. The number of aliphatic carboxylic acids is 1. The van der Waals surface area contributed by atoms with Gasteiger partial charge in [0.1, 0.15) is 5.75 Å². The molecule has 2 aliphatic rings. The molecule has 3 rings (SSSR count). The molecule has 0 bridgehead atoms. The van der Waals surface area contributed by atoms with Gasteiger partial charge in [0.25, 0.3) is 0 Å². The van der Waals surface area contributed by atoms with Crippen LogP contribution in [0.1, 0.15) is 69.9 Å². The summed E-state index contributed by atoms with van der Waals surface area (Å²) in [6, 6.07) is 5.80. The van der Waals surface area contributed by atoms with E-state index in [2.05, 4.69) is 13.0 Å². The van der Waals surface area contributed by atoms with Gasteiger partial charge in [0, 0.05) is 0 Å². The predicted molar refractivity (Wildman–Crippen MR) is 123 cm³/mol. The number of unbranched alkanes of at least 4 members (excludes halogenated alkanes) is 2. The number of carboxylic acid groups (broad SMARTS) is 1. The van der Waals surface area contributed by atoms with Gasteiger partial charge in [-0.05, 0) is 80.4 Å². The zero-order valence-electron chi connectivity index (χ0n) is 19.7. The normalized spacial score (nSPS) is 25.6. The third-order valence-corrected chi connectivity index (χ3v) is 7.32. The molecule has 1 aromatic rings. The van der Waals surface area contributed by atoms with Crippen molar-refractivity contribution >= 4 is 11.9 Å². The minimum Gasteiger partial charge on any atom is -0.482 e. The number of carbonyl (C=O) groups is 2. The number of rotatable bonds is 12. The molecule has 0 unspecified atom stereocenters. The summed E-state index contributed by atoms with van der Waals surface area (Å²) in [5.74, 6) is -0.374. The van der Waals surface area contributed by atoms with Gasteiger partial charge in [0.15, 0.2) is 12.7 Å². The van der Waals surface area contributed by atoms with Crippen molar-refractivity contribution in [1.82, 2.24) is 0 Å². The largest absolute Gasteiger partial charge is 0.482 e. The highest BCUT2D eigenvalue weighted by atomic mass is 16.6. The lowest BCUT2D eigenvalue weighted by Crippen LogP contribution is -2.29. The van der Waals surface area contributed by atoms with Crippen LogP contribution in [0.3, 0.4) is 0 Å². The maximum absolute atomic E-state index is 11.9. The van der Waals surface area contributed by atoms with E-state index in [1.807, 2.05) is 12.1 Å². The number of hydrogen-bond acceptors (Lipinski definition) is 6. The monoisotopic (exact) mass is 462 g/mol. The van der Waals surface area contributed by atoms with Gasteiger partial charge in [-0.1, -0.05) is 38.3 Å². The molecule has 0 aromatic heterocycles. The number of aliphatic hydroxyl groups excluding tert-OH is 2. The van der Waals surface area contributed by atoms with Crippen molar-refractivity contribution in [2.75, 3.05) is 6.61 Å². The van der Waals surface area contributed by atoms with Crippen molar-refractivity contribution in [3.05, 3.63) is 29.3 Å². The first-order chi connectivity index (χ1) is 15.8. The summed E-state index contributed by atoms with van der Waals surface area (Å²) in [5.41, 5.74) is 2.23. The van der Waals surface area contributed by atoms with Gasteiger partial charge < -0.3 is 24.8 Å². The number of carbonyl (C=O) groups excluding carboxylic acids is 1. The maximum Gasteiger partial charge on any atom is 0.345 e. The molecule has 1 saturated carbocycles. The van der Waals surface area contributed by atoms with E-state index in [0.29, 0.717) is 17.6 Å². The van der Waals surface area contributed by atoms with Gasteiger partial charge in [-0.3, -0.25) is 0 Å². The molecule has 0 heterocycles. The van der Waals surface area contributed by atoms with Crippen LogP contribution in [0.4, 0.5) is 0 Å². The molecule has 33 heavy (non-hydrogen) atoms. The first kappa shape index (κ1) is 25.5. The lowest BCUT2D eigenvalue weighted by molar-refractivity contribution is -0.163. The van der Waals surface area contributed by atoms with Gasteiger partial charge >= 0.3 is 11.9 Å². The Morgan fingerprint density at radius 3 is 2.70 bits per heavy atom. The number of hydrogen-bond donors (Lipinski definition) is 3. The van der Waals surface area contributed by atoms with Crippen LogP contribution in [0.5, 0.6) is 5.75 Å². The van der Waals surface area contributed by atoms with Crippen molar-refractivity contribution in [3.8, 4) is 5.75 Å². The lowest BCUT2D eigenvalue weighted by atomic mass is 9.73. The molecule has 3 N–H and O–H groups in total. The van der Waals surface area contributed by atoms with E-state index in [4.69, 9.17) is 14.6 Å². The average molecular weight is 463 g/mol. The third-order valence-electron chi connectivity index (χ3n) is 7.32. The lowest BCUT2D eigenvalue weighted by Gasteiger charge is -2.32. The third kappa shape index (κ3) is 6.70. The van der Waals surface area contributed by atoms with Gasteiger partial charge in [-0.25, -0.2) is 9.59 Å². The fourth-order valence-corrected chi connectivity index (χ4v) is 5.52. The molecule has 7 nitrogen and oxygen atoms in total. The molecular weight excluding hydrogens is 424 g/mol. The minimum atomic E-state index is -1.21. The minimum absolute atomic E-state index is 0.195. The molecular formula is C26H38O7. The van der Waals surface area contributed by atoms with Crippen LogP contribution >= 0.6 is 0 Å². The quantitative estimate of drug-likeness (QED) is 0.322. The Balaban J connectivity index is 1.59. The van der Waals surface area contributed by atoms with E-state index in [0.717, 1.165) is 63.4 Å². The number of fused-ring (bicyclic) bond motifs is 2. The Morgan fingerprint density at radius 1 is 1.18 bits per heavy atom. The Labute approximate surface area is 196 Å². The van der Waals surface area contributed by atoms with E-state index in [1.165, 1.54) is 12.5 Å². The fraction of sp³-hybridized carbons (Fsp3) is 0.692. The summed E-state index contributed by atoms with van der Waals surface area (Å²) >= 11 is 0. The number of carboxylic acids is 1. The molecule has 0 aliphatic heterocycles. The van der Waals surface area contributed by atoms with Crippen molar-refractivity contribution < 1.29 is 34.4 Å². The van der Waals surface area contributed by atoms with Crippen molar-refractivity contribution in [2.24, 2.45) is 17.8 Å². The van der Waals surface area contributed by atoms with Crippen LogP contribution in [0.2, 0.25) is 0 Å². The molecule has 0 radical (unpaired) electrons. The van der Waals surface area contributed by atoms with Gasteiger partial charge in [-0.15, -0.1) is 0 Å². The molecule has 2 aliphatic carbocycles. The SMILES string of the molecule is CCCCC[C@H](O)CC[C@@H]1[C@H]2Cc3cccc(OCC(=O)O[C@@H](C)C(=O)O)c3C[C@H]2C[C@H]1O. The Kier molecular flexibility index (Phi) is 9.15. The molecule has 1 aromatic carbocycles. The van der Waals surface area contributed by atoms with E-state index in [9.17, 15) is 19.8 Å². The topological polar surface area (TPSA) is 113 Å². The summed E-state index contributed by atoms with van der Waals surface area (Å²) in [6.07, 6.45) is 6.28. The summed E-state index contributed by atoms with van der Waals surface area (Å²) in [7, 11) is 0. The Bertz CT molecular complexity index is 808. The van der Waals surface area contributed by atoms with Crippen molar-refractivity contribution in [3.63, 3.8) is 0 Å².